The standard InChI is InChI=1S/C17H22ClNO5/c1-10(19-16(22)24-17(2,3)4)13(15(20)21)9-11-8-12(18)6-7-14(11)23-5/h6-10H,1-5H3,(H,19,22)(H,20,21)/b13-9+. The van der Waals surface area contributed by atoms with Crippen LogP contribution in [0.5, 0.6) is 5.75 Å². The number of carboxylic acids is 1. The van der Waals surface area contributed by atoms with Gasteiger partial charge in [-0.1, -0.05) is 11.6 Å². The third-order valence-corrected chi connectivity index (χ3v) is 3.18. The van der Waals surface area contributed by atoms with Gasteiger partial charge in [0.25, 0.3) is 0 Å². The Morgan fingerprint density at radius 3 is 2.46 bits per heavy atom. The van der Waals surface area contributed by atoms with Gasteiger partial charge in [0.2, 0.25) is 0 Å². The number of ether oxygens (including phenoxy) is 2. The van der Waals surface area contributed by atoms with Gasteiger partial charge >= 0.3 is 12.1 Å². The second-order valence-corrected chi connectivity index (χ2v) is 6.60. The van der Waals surface area contributed by atoms with E-state index < -0.39 is 23.7 Å². The lowest BCUT2D eigenvalue weighted by Gasteiger charge is -2.22. The molecule has 24 heavy (non-hydrogen) atoms. The van der Waals surface area contributed by atoms with E-state index in [1.54, 1.807) is 45.9 Å². The first-order valence-electron chi connectivity index (χ1n) is 7.31. The van der Waals surface area contributed by atoms with Crippen LogP contribution in [0.2, 0.25) is 5.02 Å². The van der Waals surface area contributed by atoms with E-state index in [2.05, 4.69) is 5.32 Å². The molecule has 1 atom stereocenters. The van der Waals surface area contributed by atoms with E-state index >= 15 is 0 Å². The number of carbonyl (C=O) groups excluding carboxylic acids is 1. The summed E-state index contributed by atoms with van der Waals surface area (Å²) in [5.41, 5.74) is -0.200. The summed E-state index contributed by atoms with van der Waals surface area (Å²) in [5, 5.41) is 12.4. The average molecular weight is 356 g/mol. The Hall–Kier alpha value is -2.21. The van der Waals surface area contributed by atoms with Crippen LogP contribution in [-0.4, -0.2) is 35.9 Å². The van der Waals surface area contributed by atoms with Gasteiger partial charge in [-0.15, -0.1) is 0 Å². The largest absolute Gasteiger partial charge is 0.496 e. The highest BCUT2D eigenvalue weighted by molar-refractivity contribution is 6.30. The number of hydrogen-bond donors (Lipinski definition) is 2. The van der Waals surface area contributed by atoms with Gasteiger partial charge in [0.1, 0.15) is 11.4 Å². The summed E-state index contributed by atoms with van der Waals surface area (Å²) >= 11 is 5.95. The molecule has 7 heteroatoms. The lowest BCUT2D eigenvalue weighted by atomic mass is 10.0. The summed E-state index contributed by atoms with van der Waals surface area (Å²) in [7, 11) is 1.48. The second kappa shape index (κ2) is 8.06. The summed E-state index contributed by atoms with van der Waals surface area (Å²) in [6.45, 7) is 6.73. The molecule has 1 aromatic rings. The van der Waals surface area contributed by atoms with Crippen LogP contribution in [0, 0.1) is 0 Å². The number of nitrogens with one attached hydrogen (secondary N) is 1. The van der Waals surface area contributed by atoms with Gasteiger partial charge < -0.3 is 19.9 Å². The van der Waals surface area contributed by atoms with Gasteiger partial charge in [0, 0.05) is 10.6 Å². The van der Waals surface area contributed by atoms with Crippen LogP contribution in [0.1, 0.15) is 33.3 Å². The van der Waals surface area contributed by atoms with Crippen molar-refractivity contribution in [3.63, 3.8) is 0 Å². The molecule has 1 amide bonds. The molecular weight excluding hydrogens is 334 g/mol. The Kier molecular flexibility index (Phi) is 6.66. The van der Waals surface area contributed by atoms with E-state index in [1.165, 1.54) is 13.2 Å². The molecule has 6 nitrogen and oxygen atoms in total. The number of carbonyl (C=O) groups is 2. The van der Waals surface area contributed by atoms with Crippen LogP contribution in [0.25, 0.3) is 6.08 Å². The third kappa shape index (κ3) is 6.12. The number of rotatable bonds is 5. The minimum atomic E-state index is -1.17. The number of halogens is 1. The number of hydrogen-bond acceptors (Lipinski definition) is 4. The van der Waals surface area contributed by atoms with E-state index in [-0.39, 0.29) is 5.57 Å². The fraction of sp³-hybridized carbons (Fsp3) is 0.412. The predicted molar refractivity (Wildman–Crippen MR) is 92.4 cm³/mol. The van der Waals surface area contributed by atoms with Crippen molar-refractivity contribution in [2.75, 3.05) is 7.11 Å². The molecule has 0 bridgehead atoms. The third-order valence-electron chi connectivity index (χ3n) is 2.95. The first-order valence-corrected chi connectivity index (χ1v) is 7.69. The summed E-state index contributed by atoms with van der Waals surface area (Å²) in [6.07, 6.45) is 0.718. The van der Waals surface area contributed by atoms with Gasteiger partial charge in [-0.05, 0) is 52.0 Å². The molecule has 0 saturated heterocycles. The van der Waals surface area contributed by atoms with Gasteiger partial charge in [0.15, 0.2) is 0 Å². The normalized spacial score (nSPS) is 13.2. The smallest absolute Gasteiger partial charge is 0.408 e. The Morgan fingerprint density at radius 1 is 1.33 bits per heavy atom. The minimum absolute atomic E-state index is 0.0265. The zero-order valence-corrected chi connectivity index (χ0v) is 15.1. The summed E-state index contributed by atoms with van der Waals surface area (Å²) < 4.78 is 10.3. The van der Waals surface area contributed by atoms with Gasteiger partial charge in [-0.2, -0.15) is 0 Å². The summed E-state index contributed by atoms with van der Waals surface area (Å²) in [5.74, 6) is -0.691. The van der Waals surface area contributed by atoms with Crippen molar-refractivity contribution in [3.8, 4) is 5.75 Å². The van der Waals surface area contributed by atoms with Crippen LogP contribution >= 0.6 is 11.6 Å². The van der Waals surface area contributed by atoms with Gasteiger partial charge in [-0.3, -0.25) is 0 Å². The van der Waals surface area contributed by atoms with Crippen molar-refractivity contribution in [2.45, 2.75) is 39.3 Å². The maximum absolute atomic E-state index is 11.8. The predicted octanol–water partition coefficient (Wildman–Crippen LogP) is 3.73. The van der Waals surface area contributed by atoms with E-state index in [0.717, 1.165) is 0 Å². The van der Waals surface area contributed by atoms with Crippen LogP contribution in [0.15, 0.2) is 23.8 Å². The molecule has 1 aromatic carbocycles. The fourth-order valence-corrected chi connectivity index (χ4v) is 2.10. The van der Waals surface area contributed by atoms with Crippen molar-refractivity contribution in [1.29, 1.82) is 0 Å². The number of carboxylic acid groups (broad SMARTS) is 1. The lowest BCUT2D eigenvalue weighted by Crippen LogP contribution is -2.39. The number of aliphatic carboxylic acids is 1. The second-order valence-electron chi connectivity index (χ2n) is 6.16. The van der Waals surface area contributed by atoms with E-state index in [9.17, 15) is 14.7 Å². The Balaban J connectivity index is 3.08. The van der Waals surface area contributed by atoms with Crippen molar-refractivity contribution < 1.29 is 24.2 Å². The Morgan fingerprint density at radius 2 is 1.96 bits per heavy atom. The van der Waals surface area contributed by atoms with Crippen molar-refractivity contribution in [2.24, 2.45) is 0 Å². The number of amides is 1. The molecule has 1 rings (SSSR count). The molecule has 0 saturated carbocycles. The molecule has 0 aliphatic rings. The van der Waals surface area contributed by atoms with Crippen LogP contribution in [0.3, 0.4) is 0 Å². The molecule has 132 valence electrons. The quantitative estimate of drug-likeness (QED) is 0.786. The molecule has 1 unspecified atom stereocenters. The molecule has 0 aromatic heterocycles. The highest BCUT2D eigenvalue weighted by Crippen LogP contribution is 2.25. The number of benzene rings is 1. The molecule has 2 N–H and O–H groups in total. The van der Waals surface area contributed by atoms with E-state index in [4.69, 9.17) is 21.1 Å². The molecule has 0 spiro atoms. The first kappa shape index (κ1) is 19.8. The van der Waals surface area contributed by atoms with Crippen LogP contribution < -0.4 is 10.1 Å². The summed E-state index contributed by atoms with van der Waals surface area (Å²) in [6, 6.07) is 4.09. The van der Waals surface area contributed by atoms with Crippen molar-refractivity contribution in [1.82, 2.24) is 5.32 Å². The van der Waals surface area contributed by atoms with E-state index in [1.807, 2.05) is 0 Å². The van der Waals surface area contributed by atoms with Gasteiger partial charge in [-0.25, -0.2) is 9.59 Å². The van der Waals surface area contributed by atoms with Crippen LogP contribution in [-0.2, 0) is 9.53 Å². The maximum Gasteiger partial charge on any atom is 0.408 e. The van der Waals surface area contributed by atoms with Crippen molar-refractivity contribution >= 4 is 29.7 Å². The number of methoxy groups -OCH3 is 1. The molecule has 0 radical (unpaired) electrons. The Labute approximate surface area is 146 Å². The molecule has 0 heterocycles. The maximum atomic E-state index is 11.8. The topological polar surface area (TPSA) is 84.9 Å². The molecular formula is C17H22ClNO5. The Bertz CT molecular complexity index is 649. The monoisotopic (exact) mass is 355 g/mol. The lowest BCUT2D eigenvalue weighted by molar-refractivity contribution is -0.132. The molecule has 0 fully saturated rings. The van der Waals surface area contributed by atoms with Crippen molar-refractivity contribution in [3.05, 3.63) is 34.4 Å². The van der Waals surface area contributed by atoms with E-state index in [0.29, 0.717) is 16.3 Å². The molecule has 0 aliphatic heterocycles. The SMILES string of the molecule is COc1ccc(Cl)cc1/C=C(/C(=O)O)C(C)NC(=O)OC(C)(C)C. The highest BCUT2D eigenvalue weighted by atomic mass is 35.5. The van der Waals surface area contributed by atoms with Gasteiger partial charge in [0.05, 0.1) is 18.7 Å². The zero-order chi connectivity index (χ0) is 18.5. The van der Waals surface area contributed by atoms with Crippen LogP contribution in [0.4, 0.5) is 4.79 Å². The minimum Gasteiger partial charge on any atom is -0.496 e. The first-order chi connectivity index (χ1) is 11.0. The average Bonchev–Trinajstić information content (AvgIpc) is 2.42. The fourth-order valence-electron chi connectivity index (χ4n) is 1.92. The summed E-state index contributed by atoms with van der Waals surface area (Å²) in [4.78, 5) is 23.4. The molecule has 0 aliphatic carbocycles. The highest BCUT2D eigenvalue weighted by Gasteiger charge is 2.22. The zero-order valence-electron chi connectivity index (χ0n) is 14.3. The number of alkyl carbamates (subject to hydrolysis) is 1.